The summed E-state index contributed by atoms with van der Waals surface area (Å²) in [5, 5.41) is 18.6. The van der Waals surface area contributed by atoms with Crippen LogP contribution in [0.5, 0.6) is 0 Å². The lowest BCUT2D eigenvalue weighted by Gasteiger charge is -2.25. The van der Waals surface area contributed by atoms with Gasteiger partial charge in [-0.25, -0.2) is 0 Å². The molecule has 2 N–H and O–H groups in total. The Hall–Kier alpha value is -0.690. The number of hydrogen-bond acceptors (Lipinski definition) is 5. The second kappa shape index (κ2) is 9.35. The van der Waals surface area contributed by atoms with Crippen molar-refractivity contribution >= 4 is 5.97 Å². The third-order valence-corrected chi connectivity index (χ3v) is 2.44. The van der Waals surface area contributed by atoms with Crippen molar-refractivity contribution in [2.75, 3.05) is 40.5 Å². The smallest absolute Gasteiger partial charge is 0.320 e. The minimum atomic E-state index is -0.873. The van der Waals surface area contributed by atoms with Gasteiger partial charge in [-0.1, -0.05) is 6.92 Å². The van der Waals surface area contributed by atoms with Crippen molar-refractivity contribution in [2.24, 2.45) is 0 Å². The molecule has 0 aromatic heterocycles. The molecule has 2 unspecified atom stereocenters. The van der Waals surface area contributed by atoms with Crippen LogP contribution in [0.3, 0.4) is 0 Å². The van der Waals surface area contributed by atoms with E-state index in [0.29, 0.717) is 19.6 Å². The van der Waals surface area contributed by atoms with E-state index in [-0.39, 0.29) is 13.2 Å². The van der Waals surface area contributed by atoms with E-state index < -0.39 is 18.1 Å². The van der Waals surface area contributed by atoms with Crippen molar-refractivity contribution in [1.29, 1.82) is 0 Å². The highest BCUT2D eigenvalue weighted by molar-refractivity contribution is 5.73. The number of nitrogens with zero attached hydrogens (tertiary/aromatic N) is 1. The van der Waals surface area contributed by atoms with Gasteiger partial charge >= 0.3 is 5.97 Å². The van der Waals surface area contributed by atoms with Crippen LogP contribution >= 0.6 is 0 Å². The zero-order chi connectivity index (χ0) is 13.3. The summed E-state index contributed by atoms with van der Waals surface area (Å²) in [6.45, 7) is 3.17. The van der Waals surface area contributed by atoms with E-state index in [1.807, 2.05) is 0 Å². The minimum Gasteiger partial charge on any atom is -0.480 e. The summed E-state index contributed by atoms with van der Waals surface area (Å²) in [5.41, 5.74) is 0. The van der Waals surface area contributed by atoms with E-state index >= 15 is 0 Å². The average Bonchev–Trinajstić information content (AvgIpc) is 2.24. The summed E-state index contributed by atoms with van der Waals surface area (Å²) in [6, 6.07) is -0.566. The van der Waals surface area contributed by atoms with Gasteiger partial charge in [0.15, 0.2) is 0 Å². The molecule has 0 aliphatic carbocycles. The monoisotopic (exact) mass is 249 g/mol. The zero-order valence-electron chi connectivity index (χ0n) is 10.8. The van der Waals surface area contributed by atoms with E-state index in [1.54, 1.807) is 26.0 Å². The molecule has 0 heterocycles. The van der Waals surface area contributed by atoms with Gasteiger partial charge in [-0.2, -0.15) is 0 Å². The summed E-state index contributed by atoms with van der Waals surface area (Å²) in [6.07, 6.45) is -0.187. The van der Waals surface area contributed by atoms with Gasteiger partial charge in [-0.15, -0.1) is 0 Å². The van der Waals surface area contributed by atoms with Crippen molar-refractivity contribution in [1.82, 2.24) is 4.90 Å². The highest BCUT2D eigenvalue weighted by atomic mass is 16.5. The van der Waals surface area contributed by atoms with Crippen LogP contribution in [0, 0.1) is 0 Å². The lowest BCUT2D eigenvalue weighted by atomic mass is 10.2. The molecule has 6 heteroatoms. The van der Waals surface area contributed by atoms with Gasteiger partial charge in [0, 0.05) is 13.7 Å². The van der Waals surface area contributed by atoms with Crippen molar-refractivity contribution in [2.45, 2.75) is 25.5 Å². The number of likely N-dealkylation sites (N-methyl/N-ethyl adjacent to an activating group) is 1. The number of aliphatic hydroxyl groups is 1. The maximum absolute atomic E-state index is 10.9. The number of carbonyl (C=O) groups is 1. The summed E-state index contributed by atoms with van der Waals surface area (Å²) in [7, 11) is 3.26. The molecule has 0 fully saturated rings. The van der Waals surface area contributed by atoms with Gasteiger partial charge in [0.1, 0.15) is 6.04 Å². The van der Waals surface area contributed by atoms with Crippen molar-refractivity contribution in [3.05, 3.63) is 0 Å². The first-order valence-corrected chi connectivity index (χ1v) is 5.70. The molecule has 102 valence electrons. The van der Waals surface area contributed by atoms with E-state index in [1.165, 1.54) is 0 Å². The predicted molar refractivity (Wildman–Crippen MR) is 63.0 cm³/mol. The Morgan fingerprint density at radius 2 is 2.06 bits per heavy atom. The van der Waals surface area contributed by atoms with Gasteiger partial charge in [-0.05, 0) is 13.5 Å². The summed E-state index contributed by atoms with van der Waals surface area (Å²) < 4.78 is 9.96. The first kappa shape index (κ1) is 16.3. The third kappa shape index (κ3) is 7.27. The van der Waals surface area contributed by atoms with Crippen molar-refractivity contribution < 1.29 is 24.5 Å². The number of ether oxygens (including phenoxy) is 2. The van der Waals surface area contributed by atoms with Crippen LogP contribution in [0.15, 0.2) is 0 Å². The van der Waals surface area contributed by atoms with E-state index in [0.717, 1.165) is 0 Å². The summed E-state index contributed by atoms with van der Waals surface area (Å²) in [5.74, 6) is -0.873. The molecule has 0 amide bonds. The first-order valence-electron chi connectivity index (χ1n) is 5.70. The van der Waals surface area contributed by atoms with Gasteiger partial charge in [-0.3, -0.25) is 9.69 Å². The number of aliphatic carboxylic acids is 1. The molecule has 0 aromatic carbocycles. The molecular formula is C11H23NO5. The third-order valence-electron chi connectivity index (χ3n) is 2.44. The van der Waals surface area contributed by atoms with Gasteiger partial charge in [0.2, 0.25) is 0 Å². The van der Waals surface area contributed by atoms with Gasteiger partial charge < -0.3 is 19.7 Å². The molecule has 0 aliphatic rings. The Kier molecular flexibility index (Phi) is 8.97. The number of methoxy groups -OCH3 is 1. The SMILES string of the molecule is CCC(C(=O)O)N(C)CC(O)COCCOC. The molecule has 2 atom stereocenters. The second-order valence-corrected chi connectivity index (χ2v) is 3.92. The lowest BCUT2D eigenvalue weighted by molar-refractivity contribution is -0.143. The molecule has 0 spiro atoms. The molecular weight excluding hydrogens is 226 g/mol. The largest absolute Gasteiger partial charge is 0.480 e. The fourth-order valence-electron chi connectivity index (χ4n) is 1.55. The van der Waals surface area contributed by atoms with Crippen LogP contribution in [-0.4, -0.2) is 73.8 Å². The number of aliphatic hydroxyl groups excluding tert-OH is 1. The maximum Gasteiger partial charge on any atom is 0.320 e. The molecule has 0 saturated heterocycles. The number of carboxylic acid groups (broad SMARTS) is 1. The molecule has 17 heavy (non-hydrogen) atoms. The topological polar surface area (TPSA) is 79.2 Å². The molecule has 0 bridgehead atoms. The molecule has 0 saturated carbocycles. The highest BCUT2D eigenvalue weighted by Gasteiger charge is 2.22. The normalized spacial score (nSPS) is 14.9. The van der Waals surface area contributed by atoms with Crippen LogP contribution in [0.25, 0.3) is 0 Å². The Balaban J connectivity index is 3.85. The second-order valence-electron chi connectivity index (χ2n) is 3.92. The number of carboxylic acids is 1. The van der Waals surface area contributed by atoms with Crippen LogP contribution < -0.4 is 0 Å². The summed E-state index contributed by atoms with van der Waals surface area (Å²) in [4.78, 5) is 12.5. The Morgan fingerprint density at radius 3 is 2.53 bits per heavy atom. The van der Waals surface area contributed by atoms with Crippen molar-refractivity contribution in [3.63, 3.8) is 0 Å². The van der Waals surface area contributed by atoms with Crippen LogP contribution in [0.4, 0.5) is 0 Å². The van der Waals surface area contributed by atoms with E-state index in [9.17, 15) is 9.90 Å². The quantitative estimate of drug-likeness (QED) is 0.522. The minimum absolute atomic E-state index is 0.184. The van der Waals surface area contributed by atoms with Crippen LogP contribution in [0.1, 0.15) is 13.3 Å². The average molecular weight is 249 g/mol. The lowest BCUT2D eigenvalue weighted by Crippen LogP contribution is -2.43. The van der Waals surface area contributed by atoms with Crippen LogP contribution in [0.2, 0.25) is 0 Å². The van der Waals surface area contributed by atoms with Gasteiger partial charge in [0.05, 0.1) is 25.9 Å². The fraction of sp³-hybridized carbons (Fsp3) is 0.909. The first-order chi connectivity index (χ1) is 8.02. The van der Waals surface area contributed by atoms with E-state index in [2.05, 4.69) is 0 Å². The summed E-state index contributed by atoms with van der Waals surface area (Å²) >= 11 is 0. The molecule has 0 aliphatic heterocycles. The molecule has 6 nitrogen and oxygen atoms in total. The fourth-order valence-corrected chi connectivity index (χ4v) is 1.55. The number of hydrogen-bond donors (Lipinski definition) is 2. The van der Waals surface area contributed by atoms with Crippen molar-refractivity contribution in [3.8, 4) is 0 Å². The molecule has 0 rings (SSSR count). The zero-order valence-corrected chi connectivity index (χ0v) is 10.8. The highest BCUT2D eigenvalue weighted by Crippen LogP contribution is 2.03. The molecule has 0 aromatic rings. The maximum atomic E-state index is 10.9. The molecule has 0 radical (unpaired) electrons. The Morgan fingerprint density at radius 1 is 1.41 bits per heavy atom. The predicted octanol–water partition coefficient (Wildman–Crippen LogP) is -0.195. The van der Waals surface area contributed by atoms with Crippen LogP contribution in [-0.2, 0) is 14.3 Å². The Labute approximate surface area is 102 Å². The number of rotatable bonds is 10. The Bertz CT molecular complexity index is 212. The van der Waals surface area contributed by atoms with E-state index in [4.69, 9.17) is 14.6 Å². The standard InChI is InChI=1S/C11H23NO5/c1-4-10(11(14)15)12(2)7-9(13)8-17-6-5-16-3/h9-10,13H,4-8H2,1-3H3,(H,14,15). The van der Waals surface area contributed by atoms with Gasteiger partial charge in [0.25, 0.3) is 0 Å².